The Kier molecular flexibility index (Phi) is 7.00. The number of hydrogen-bond donors (Lipinski definition) is 0. The van der Waals surface area contributed by atoms with Crippen LogP contribution in [0.15, 0.2) is 42.5 Å². The SMILES string of the molecule is CC(=O)OC1OC(COC(=O)c2ccccc2)C(C=C(F)F)C1OC(C)=O. The van der Waals surface area contributed by atoms with Gasteiger partial charge in [-0.25, -0.2) is 4.79 Å². The number of halogens is 2. The molecular weight excluding hydrogens is 366 g/mol. The van der Waals surface area contributed by atoms with Crippen molar-refractivity contribution in [3.05, 3.63) is 48.1 Å². The molecule has 0 N–H and O–H groups in total. The molecule has 2 rings (SSSR count). The highest BCUT2D eigenvalue weighted by molar-refractivity contribution is 5.89. The van der Waals surface area contributed by atoms with E-state index in [1.54, 1.807) is 18.2 Å². The zero-order valence-corrected chi connectivity index (χ0v) is 14.6. The number of ether oxygens (including phenoxy) is 4. The second-order valence-corrected chi connectivity index (χ2v) is 5.72. The van der Waals surface area contributed by atoms with Crippen molar-refractivity contribution in [2.24, 2.45) is 5.92 Å². The fourth-order valence-electron chi connectivity index (χ4n) is 2.63. The first kappa shape index (κ1) is 20.5. The summed E-state index contributed by atoms with van der Waals surface area (Å²) in [6.45, 7) is 1.77. The van der Waals surface area contributed by atoms with Crippen molar-refractivity contribution in [1.29, 1.82) is 0 Å². The molecule has 1 aliphatic heterocycles. The molecular formula is C18H18F2O7. The van der Waals surface area contributed by atoms with Gasteiger partial charge in [0.25, 0.3) is 6.08 Å². The molecule has 0 radical (unpaired) electrons. The number of carbonyl (C=O) groups is 3. The van der Waals surface area contributed by atoms with Gasteiger partial charge in [0.1, 0.15) is 12.7 Å². The number of carbonyl (C=O) groups excluding carboxylic acids is 3. The van der Waals surface area contributed by atoms with E-state index in [-0.39, 0.29) is 5.56 Å². The standard InChI is InChI=1S/C18H18F2O7/c1-10(21)25-16-13(8-15(19)20)14(27-18(16)26-11(2)22)9-24-17(23)12-6-4-3-5-7-12/h3-8,13-14,16,18H,9H2,1-2H3. The maximum Gasteiger partial charge on any atom is 0.338 e. The smallest absolute Gasteiger partial charge is 0.338 e. The minimum atomic E-state index is -2.04. The summed E-state index contributed by atoms with van der Waals surface area (Å²) in [6.07, 6.45) is -5.31. The molecule has 0 aliphatic carbocycles. The Hall–Kier alpha value is -2.81. The second-order valence-electron chi connectivity index (χ2n) is 5.72. The van der Waals surface area contributed by atoms with Gasteiger partial charge in [0.15, 0.2) is 6.10 Å². The third-order valence-electron chi connectivity index (χ3n) is 3.68. The molecule has 4 atom stereocenters. The van der Waals surface area contributed by atoms with Gasteiger partial charge in [0, 0.05) is 13.8 Å². The molecule has 0 bridgehead atoms. The van der Waals surface area contributed by atoms with Crippen molar-refractivity contribution >= 4 is 17.9 Å². The van der Waals surface area contributed by atoms with E-state index in [2.05, 4.69) is 0 Å². The molecule has 1 fully saturated rings. The molecule has 0 spiro atoms. The van der Waals surface area contributed by atoms with E-state index < -0.39 is 55.0 Å². The van der Waals surface area contributed by atoms with Crippen LogP contribution in [0.25, 0.3) is 0 Å². The zero-order chi connectivity index (χ0) is 20.0. The topological polar surface area (TPSA) is 88.1 Å². The minimum Gasteiger partial charge on any atom is -0.459 e. The summed E-state index contributed by atoms with van der Waals surface area (Å²) in [4.78, 5) is 34.6. The minimum absolute atomic E-state index is 0.271. The summed E-state index contributed by atoms with van der Waals surface area (Å²) in [6, 6.07) is 8.05. The van der Waals surface area contributed by atoms with Crippen LogP contribution in [0.1, 0.15) is 24.2 Å². The van der Waals surface area contributed by atoms with Crippen LogP contribution in [0, 0.1) is 5.92 Å². The van der Waals surface area contributed by atoms with E-state index in [0.29, 0.717) is 6.08 Å². The fourth-order valence-corrected chi connectivity index (χ4v) is 2.63. The van der Waals surface area contributed by atoms with Crippen LogP contribution >= 0.6 is 0 Å². The van der Waals surface area contributed by atoms with Gasteiger partial charge in [-0.3, -0.25) is 9.59 Å². The highest BCUT2D eigenvalue weighted by Crippen LogP contribution is 2.33. The molecule has 146 valence electrons. The Balaban J connectivity index is 2.16. The number of hydrogen-bond acceptors (Lipinski definition) is 7. The van der Waals surface area contributed by atoms with Gasteiger partial charge in [-0.2, -0.15) is 8.78 Å². The highest BCUT2D eigenvalue weighted by Gasteiger charge is 2.48. The van der Waals surface area contributed by atoms with Crippen molar-refractivity contribution in [3.8, 4) is 0 Å². The summed E-state index contributed by atoms with van der Waals surface area (Å²) >= 11 is 0. The molecule has 9 heteroatoms. The molecule has 1 aromatic rings. The Morgan fingerprint density at radius 2 is 1.70 bits per heavy atom. The van der Waals surface area contributed by atoms with E-state index in [0.717, 1.165) is 13.8 Å². The molecule has 1 saturated heterocycles. The van der Waals surface area contributed by atoms with E-state index in [1.807, 2.05) is 0 Å². The largest absolute Gasteiger partial charge is 0.459 e. The Labute approximate surface area is 153 Å². The van der Waals surface area contributed by atoms with Crippen molar-refractivity contribution in [2.45, 2.75) is 32.3 Å². The second kappa shape index (κ2) is 9.22. The molecule has 7 nitrogen and oxygen atoms in total. The van der Waals surface area contributed by atoms with E-state index in [4.69, 9.17) is 18.9 Å². The van der Waals surface area contributed by atoms with Crippen LogP contribution in [-0.2, 0) is 28.5 Å². The van der Waals surface area contributed by atoms with Crippen molar-refractivity contribution in [2.75, 3.05) is 6.61 Å². The molecule has 0 amide bonds. The van der Waals surface area contributed by atoms with Gasteiger partial charge < -0.3 is 18.9 Å². The predicted molar refractivity (Wildman–Crippen MR) is 86.5 cm³/mol. The first-order valence-electron chi connectivity index (χ1n) is 8.03. The molecule has 1 aliphatic rings. The summed E-state index contributed by atoms with van der Waals surface area (Å²) in [7, 11) is 0. The lowest BCUT2D eigenvalue weighted by Gasteiger charge is -2.20. The summed E-state index contributed by atoms with van der Waals surface area (Å²) in [5.41, 5.74) is 0.271. The summed E-state index contributed by atoms with van der Waals surface area (Å²) < 4.78 is 46.2. The van der Waals surface area contributed by atoms with Crippen LogP contribution in [-0.4, -0.2) is 43.0 Å². The maximum atomic E-state index is 12.9. The average Bonchev–Trinajstić information content (AvgIpc) is 2.88. The van der Waals surface area contributed by atoms with Crippen LogP contribution in [0.2, 0.25) is 0 Å². The molecule has 0 saturated carbocycles. The maximum absolute atomic E-state index is 12.9. The first-order chi connectivity index (χ1) is 12.8. The lowest BCUT2D eigenvalue weighted by atomic mass is 9.98. The molecule has 27 heavy (non-hydrogen) atoms. The van der Waals surface area contributed by atoms with Crippen LogP contribution < -0.4 is 0 Å². The van der Waals surface area contributed by atoms with Gasteiger partial charge in [-0.15, -0.1) is 0 Å². The predicted octanol–water partition coefficient (Wildman–Crippen LogP) is 2.46. The molecule has 4 unspecified atom stereocenters. The quantitative estimate of drug-likeness (QED) is 0.550. The fraction of sp³-hybridized carbons (Fsp3) is 0.389. The number of esters is 3. The average molecular weight is 384 g/mol. The van der Waals surface area contributed by atoms with Crippen molar-refractivity contribution < 1.29 is 42.1 Å². The van der Waals surface area contributed by atoms with E-state index in [9.17, 15) is 23.2 Å². The third-order valence-corrected chi connectivity index (χ3v) is 3.68. The number of rotatable bonds is 6. The van der Waals surface area contributed by atoms with E-state index in [1.165, 1.54) is 12.1 Å². The Morgan fingerprint density at radius 1 is 1.07 bits per heavy atom. The lowest BCUT2D eigenvalue weighted by Crippen LogP contribution is -2.34. The van der Waals surface area contributed by atoms with Gasteiger partial charge in [-0.05, 0) is 18.2 Å². The van der Waals surface area contributed by atoms with Gasteiger partial charge in [0.05, 0.1) is 11.5 Å². The normalized spacial score (nSPS) is 24.0. The zero-order valence-electron chi connectivity index (χ0n) is 14.6. The third kappa shape index (κ3) is 5.85. The Morgan fingerprint density at radius 3 is 2.26 bits per heavy atom. The monoisotopic (exact) mass is 384 g/mol. The van der Waals surface area contributed by atoms with Crippen LogP contribution in [0.3, 0.4) is 0 Å². The lowest BCUT2D eigenvalue weighted by molar-refractivity contribution is -0.195. The van der Waals surface area contributed by atoms with Gasteiger partial charge in [-0.1, -0.05) is 18.2 Å². The summed E-state index contributed by atoms with van der Waals surface area (Å²) in [5.74, 6) is -3.36. The van der Waals surface area contributed by atoms with Crippen molar-refractivity contribution in [1.82, 2.24) is 0 Å². The molecule has 1 aromatic carbocycles. The van der Waals surface area contributed by atoms with Crippen LogP contribution in [0.5, 0.6) is 0 Å². The molecule has 0 aromatic heterocycles. The number of benzene rings is 1. The highest BCUT2D eigenvalue weighted by atomic mass is 19.3. The molecule has 1 heterocycles. The van der Waals surface area contributed by atoms with Crippen molar-refractivity contribution in [3.63, 3.8) is 0 Å². The van der Waals surface area contributed by atoms with E-state index >= 15 is 0 Å². The van der Waals surface area contributed by atoms with Gasteiger partial charge in [0.2, 0.25) is 6.29 Å². The van der Waals surface area contributed by atoms with Crippen LogP contribution in [0.4, 0.5) is 8.78 Å². The summed E-state index contributed by atoms with van der Waals surface area (Å²) in [5, 5.41) is 0. The van der Waals surface area contributed by atoms with Gasteiger partial charge >= 0.3 is 17.9 Å². The Bertz CT molecular complexity index is 716. The first-order valence-corrected chi connectivity index (χ1v) is 8.03.